The van der Waals surface area contributed by atoms with Gasteiger partial charge in [-0.1, -0.05) is 0 Å². The van der Waals surface area contributed by atoms with E-state index in [2.05, 4.69) is 15.5 Å². The van der Waals surface area contributed by atoms with Crippen molar-refractivity contribution in [3.05, 3.63) is 5.82 Å². The first-order valence-corrected chi connectivity index (χ1v) is 7.41. The van der Waals surface area contributed by atoms with E-state index in [1.807, 2.05) is 0 Å². The lowest BCUT2D eigenvalue weighted by atomic mass is 9.84. The van der Waals surface area contributed by atoms with E-state index < -0.39 is 5.97 Å². The van der Waals surface area contributed by atoms with Crippen LogP contribution in [0.15, 0.2) is 0 Å². The van der Waals surface area contributed by atoms with Crippen LogP contribution in [-0.2, 0) is 14.2 Å². The van der Waals surface area contributed by atoms with Gasteiger partial charge in [0.1, 0.15) is 0 Å². The van der Waals surface area contributed by atoms with Gasteiger partial charge in [-0.25, -0.2) is 9.48 Å². The molecular formula is C13H20N4O4. The second-order valence-electron chi connectivity index (χ2n) is 5.46. The SMILES string of the molecule is CCOC(=O)c1nnnn1C1CCOC2(CCOCC2)C1. The van der Waals surface area contributed by atoms with Crippen molar-refractivity contribution in [3.8, 4) is 0 Å². The summed E-state index contributed by atoms with van der Waals surface area (Å²) in [7, 11) is 0. The Bertz CT molecular complexity index is 493. The standard InChI is InChI=1S/C13H20N4O4/c1-2-20-12(18)11-14-15-16-17(11)10-3-6-21-13(9-10)4-7-19-8-5-13/h10H,2-9H2,1H3. The Balaban J connectivity index is 1.77. The second-order valence-corrected chi connectivity index (χ2v) is 5.46. The topological polar surface area (TPSA) is 88.4 Å². The highest BCUT2D eigenvalue weighted by molar-refractivity contribution is 5.85. The lowest BCUT2D eigenvalue weighted by Gasteiger charge is -2.43. The summed E-state index contributed by atoms with van der Waals surface area (Å²) in [5, 5.41) is 11.4. The molecule has 2 saturated heterocycles. The average Bonchev–Trinajstić information content (AvgIpc) is 2.98. The van der Waals surface area contributed by atoms with Crippen molar-refractivity contribution in [2.75, 3.05) is 26.4 Å². The molecule has 1 aromatic rings. The van der Waals surface area contributed by atoms with E-state index in [4.69, 9.17) is 14.2 Å². The van der Waals surface area contributed by atoms with Crippen molar-refractivity contribution in [2.45, 2.75) is 44.2 Å². The Kier molecular flexibility index (Phi) is 4.16. The lowest BCUT2D eigenvalue weighted by molar-refractivity contribution is -0.145. The van der Waals surface area contributed by atoms with E-state index in [0.717, 1.165) is 25.7 Å². The predicted molar refractivity (Wildman–Crippen MR) is 70.8 cm³/mol. The van der Waals surface area contributed by atoms with Gasteiger partial charge in [0, 0.05) is 19.8 Å². The maximum absolute atomic E-state index is 11.9. The van der Waals surface area contributed by atoms with Crippen molar-refractivity contribution in [2.24, 2.45) is 0 Å². The number of hydrogen-bond acceptors (Lipinski definition) is 7. The van der Waals surface area contributed by atoms with Gasteiger partial charge in [0.2, 0.25) is 0 Å². The van der Waals surface area contributed by atoms with E-state index in [9.17, 15) is 4.79 Å². The van der Waals surface area contributed by atoms with E-state index >= 15 is 0 Å². The summed E-state index contributed by atoms with van der Waals surface area (Å²) in [5.41, 5.74) is -0.168. The molecule has 3 heterocycles. The highest BCUT2D eigenvalue weighted by Gasteiger charge is 2.41. The molecule has 0 aliphatic carbocycles. The molecular weight excluding hydrogens is 276 g/mol. The number of hydrogen-bond donors (Lipinski definition) is 0. The van der Waals surface area contributed by atoms with E-state index in [1.54, 1.807) is 11.6 Å². The molecule has 0 radical (unpaired) electrons. The fraction of sp³-hybridized carbons (Fsp3) is 0.846. The zero-order valence-electron chi connectivity index (χ0n) is 12.2. The average molecular weight is 296 g/mol. The fourth-order valence-corrected chi connectivity index (χ4v) is 3.07. The van der Waals surface area contributed by atoms with Crippen LogP contribution in [0.2, 0.25) is 0 Å². The number of carbonyl (C=O) groups is 1. The van der Waals surface area contributed by atoms with Crippen LogP contribution in [0.4, 0.5) is 0 Å². The molecule has 21 heavy (non-hydrogen) atoms. The maximum atomic E-state index is 11.9. The largest absolute Gasteiger partial charge is 0.460 e. The van der Waals surface area contributed by atoms with Crippen LogP contribution < -0.4 is 0 Å². The molecule has 8 heteroatoms. The number of rotatable bonds is 3. The van der Waals surface area contributed by atoms with Crippen LogP contribution in [0.1, 0.15) is 49.3 Å². The summed E-state index contributed by atoms with van der Waals surface area (Å²) < 4.78 is 18.0. The van der Waals surface area contributed by atoms with Crippen LogP contribution in [-0.4, -0.2) is 58.2 Å². The quantitative estimate of drug-likeness (QED) is 0.760. The van der Waals surface area contributed by atoms with E-state index in [-0.39, 0.29) is 17.5 Å². The molecule has 2 aliphatic rings. The third kappa shape index (κ3) is 2.91. The minimum Gasteiger partial charge on any atom is -0.460 e. The molecule has 2 fully saturated rings. The zero-order chi connectivity index (χ0) is 14.7. The van der Waals surface area contributed by atoms with E-state index in [1.165, 1.54) is 0 Å². The zero-order valence-corrected chi connectivity index (χ0v) is 12.2. The van der Waals surface area contributed by atoms with Crippen molar-refractivity contribution in [3.63, 3.8) is 0 Å². The molecule has 1 aromatic heterocycles. The van der Waals surface area contributed by atoms with Gasteiger partial charge in [0.25, 0.3) is 5.82 Å². The van der Waals surface area contributed by atoms with Gasteiger partial charge in [-0.2, -0.15) is 0 Å². The van der Waals surface area contributed by atoms with Crippen molar-refractivity contribution in [1.82, 2.24) is 20.2 Å². The first-order valence-electron chi connectivity index (χ1n) is 7.41. The molecule has 0 aromatic carbocycles. The summed E-state index contributed by atoms with van der Waals surface area (Å²) in [4.78, 5) is 11.9. The number of ether oxygens (including phenoxy) is 3. The molecule has 116 valence electrons. The lowest BCUT2D eigenvalue weighted by Crippen LogP contribution is -2.45. The normalized spacial score (nSPS) is 24.9. The number of aromatic nitrogens is 4. The summed E-state index contributed by atoms with van der Waals surface area (Å²) in [6.45, 7) is 4.14. The molecule has 3 rings (SSSR count). The smallest absolute Gasteiger partial charge is 0.378 e. The van der Waals surface area contributed by atoms with Crippen molar-refractivity contribution >= 4 is 5.97 Å². The number of tetrazole rings is 1. The Morgan fingerprint density at radius 2 is 2.24 bits per heavy atom. The Morgan fingerprint density at radius 1 is 1.43 bits per heavy atom. The first-order chi connectivity index (χ1) is 10.2. The van der Waals surface area contributed by atoms with Gasteiger partial charge in [0.05, 0.1) is 18.2 Å². The molecule has 8 nitrogen and oxygen atoms in total. The molecule has 1 unspecified atom stereocenters. The van der Waals surface area contributed by atoms with Crippen LogP contribution >= 0.6 is 0 Å². The molecule has 0 saturated carbocycles. The molecule has 0 bridgehead atoms. The van der Waals surface area contributed by atoms with Crippen LogP contribution in [0.3, 0.4) is 0 Å². The van der Waals surface area contributed by atoms with Gasteiger partial charge in [-0.3, -0.25) is 0 Å². The van der Waals surface area contributed by atoms with Crippen LogP contribution in [0.25, 0.3) is 0 Å². The Morgan fingerprint density at radius 3 is 3.00 bits per heavy atom. The molecule has 1 spiro atoms. The van der Waals surface area contributed by atoms with Crippen LogP contribution in [0, 0.1) is 0 Å². The number of nitrogens with zero attached hydrogens (tertiary/aromatic N) is 4. The minimum absolute atomic E-state index is 0.0613. The summed E-state index contributed by atoms with van der Waals surface area (Å²) >= 11 is 0. The third-order valence-electron chi connectivity index (χ3n) is 4.17. The number of esters is 1. The van der Waals surface area contributed by atoms with Gasteiger partial charge in [-0.05, 0) is 43.0 Å². The van der Waals surface area contributed by atoms with Crippen molar-refractivity contribution < 1.29 is 19.0 Å². The van der Waals surface area contributed by atoms with E-state index in [0.29, 0.717) is 26.4 Å². The van der Waals surface area contributed by atoms with Crippen molar-refractivity contribution in [1.29, 1.82) is 0 Å². The Labute approximate surface area is 122 Å². The second kappa shape index (κ2) is 6.07. The summed E-state index contributed by atoms with van der Waals surface area (Å²) in [6, 6.07) is 0.0613. The molecule has 0 amide bonds. The summed E-state index contributed by atoms with van der Waals surface area (Å²) in [5.74, 6) is -0.305. The first kappa shape index (κ1) is 14.4. The number of carbonyl (C=O) groups excluding carboxylic acids is 1. The van der Waals surface area contributed by atoms with Gasteiger partial charge < -0.3 is 14.2 Å². The van der Waals surface area contributed by atoms with Gasteiger partial charge in [-0.15, -0.1) is 5.10 Å². The van der Waals surface area contributed by atoms with Gasteiger partial charge >= 0.3 is 5.97 Å². The maximum Gasteiger partial charge on any atom is 0.378 e. The van der Waals surface area contributed by atoms with Crippen LogP contribution in [0.5, 0.6) is 0 Å². The molecule has 2 aliphatic heterocycles. The fourth-order valence-electron chi connectivity index (χ4n) is 3.07. The highest BCUT2D eigenvalue weighted by Crippen LogP contribution is 2.39. The molecule has 0 N–H and O–H groups in total. The molecule has 1 atom stereocenters. The minimum atomic E-state index is -0.477. The van der Waals surface area contributed by atoms with Gasteiger partial charge in [0.15, 0.2) is 0 Å². The Hall–Kier alpha value is -1.54. The highest BCUT2D eigenvalue weighted by atomic mass is 16.5. The summed E-state index contributed by atoms with van der Waals surface area (Å²) in [6.07, 6.45) is 3.34. The monoisotopic (exact) mass is 296 g/mol. The third-order valence-corrected chi connectivity index (χ3v) is 4.17. The predicted octanol–water partition coefficient (Wildman–Crippen LogP) is 0.750.